The molecule has 0 aliphatic rings. The lowest BCUT2D eigenvalue weighted by atomic mass is 10.1. The van der Waals surface area contributed by atoms with E-state index in [1.807, 2.05) is 0 Å². The molecule has 1 rings (SSSR count). The summed E-state index contributed by atoms with van der Waals surface area (Å²) in [6.45, 7) is 4.78. The third kappa shape index (κ3) is 4.11. The number of benzene rings is 1. The number of hydrogen-bond donors (Lipinski definition) is 1. The van der Waals surface area contributed by atoms with Crippen LogP contribution in [0.1, 0.15) is 38.7 Å². The van der Waals surface area contributed by atoms with Gasteiger partial charge in [-0.1, -0.05) is 37.4 Å². The average molecular weight is 244 g/mol. The van der Waals surface area contributed by atoms with Crippen LogP contribution >= 0.6 is 11.6 Å². The molecule has 0 aliphatic heterocycles. The van der Waals surface area contributed by atoms with Crippen molar-refractivity contribution in [2.75, 3.05) is 0 Å². The van der Waals surface area contributed by atoms with E-state index in [2.05, 4.69) is 19.2 Å². The molecule has 0 saturated carbocycles. The number of rotatable bonds is 6. The summed E-state index contributed by atoms with van der Waals surface area (Å²) in [6, 6.07) is 5.19. The lowest BCUT2D eigenvalue weighted by Crippen LogP contribution is -2.25. The van der Waals surface area contributed by atoms with Crippen LogP contribution in [0, 0.1) is 5.82 Å². The van der Waals surface area contributed by atoms with Crippen LogP contribution in [-0.2, 0) is 6.54 Å². The maximum absolute atomic E-state index is 13.4. The SMILES string of the molecule is CCCCC(C)NCc1c(F)cccc1Cl. The van der Waals surface area contributed by atoms with Gasteiger partial charge in [0, 0.05) is 23.2 Å². The minimum atomic E-state index is -0.234. The summed E-state index contributed by atoms with van der Waals surface area (Å²) in [5.41, 5.74) is 0.563. The van der Waals surface area contributed by atoms with Crippen LogP contribution < -0.4 is 5.32 Å². The number of unbranched alkanes of at least 4 members (excludes halogenated alkanes) is 1. The van der Waals surface area contributed by atoms with Crippen molar-refractivity contribution in [1.29, 1.82) is 0 Å². The summed E-state index contributed by atoms with van der Waals surface area (Å²) in [5, 5.41) is 3.79. The molecule has 0 bridgehead atoms. The molecule has 1 unspecified atom stereocenters. The molecule has 1 aromatic rings. The molecule has 1 N–H and O–H groups in total. The first kappa shape index (κ1) is 13.5. The lowest BCUT2D eigenvalue weighted by molar-refractivity contribution is 0.485. The Morgan fingerprint density at radius 3 is 2.81 bits per heavy atom. The molecule has 0 fully saturated rings. The zero-order valence-corrected chi connectivity index (χ0v) is 10.6. The fourth-order valence-corrected chi connectivity index (χ4v) is 1.82. The van der Waals surface area contributed by atoms with Crippen molar-refractivity contribution in [3.8, 4) is 0 Å². The van der Waals surface area contributed by atoms with Crippen LogP contribution in [0.4, 0.5) is 4.39 Å². The molecular formula is C13H19ClFN. The number of halogens is 2. The van der Waals surface area contributed by atoms with Crippen LogP contribution in [0.3, 0.4) is 0 Å². The highest BCUT2D eigenvalue weighted by atomic mass is 35.5. The fraction of sp³-hybridized carbons (Fsp3) is 0.538. The van der Waals surface area contributed by atoms with Gasteiger partial charge in [-0.2, -0.15) is 0 Å². The van der Waals surface area contributed by atoms with E-state index < -0.39 is 0 Å². The maximum Gasteiger partial charge on any atom is 0.129 e. The molecule has 90 valence electrons. The molecule has 0 aromatic heterocycles. The first-order valence-electron chi connectivity index (χ1n) is 5.81. The highest BCUT2D eigenvalue weighted by Gasteiger charge is 2.08. The van der Waals surface area contributed by atoms with Crippen LogP contribution in [0.25, 0.3) is 0 Å². The van der Waals surface area contributed by atoms with Crippen molar-refractivity contribution < 1.29 is 4.39 Å². The van der Waals surface area contributed by atoms with Crippen molar-refractivity contribution in [3.05, 3.63) is 34.6 Å². The topological polar surface area (TPSA) is 12.0 Å². The Morgan fingerprint density at radius 1 is 1.44 bits per heavy atom. The van der Waals surface area contributed by atoms with Gasteiger partial charge in [0.25, 0.3) is 0 Å². The number of nitrogens with one attached hydrogen (secondary N) is 1. The monoisotopic (exact) mass is 243 g/mol. The van der Waals surface area contributed by atoms with Crippen LogP contribution in [0.2, 0.25) is 5.02 Å². The zero-order valence-electron chi connectivity index (χ0n) is 9.89. The van der Waals surface area contributed by atoms with Gasteiger partial charge in [-0.05, 0) is 25.5 Å². The van der Waals surface area contributed by atoms with Crippen LogP contribution in [0.5, 0.6) is 0 Å². The average Bonchev–Trinajstić information content (AvgIpc) is 2.25. The quantitative estimate of drug-likeness (QED) is 0.792. The lowest BCUT2D eigenvalue weighted by Gasteiger charge is -2.14. The summed E-state index contributed by atoms with van der Waals surface area (Å²) < 4.78 is 13.4. The van der Waals surface area contributed by atoms with Crippen molar-refractivity contribution in [1.82, 2.24) is 5.32 Å². The predicted molar refractivity (Wildman–Crippen MR) is 67.2 cm³/mol. The maximum atomic E-state index is 13.4. The van der Waals surface area contributed by atoms with Crippen molar-refractivity contribution in [2.24, 2.45) is 0 Å². The van der Waals surface area contributed by atoms with E-state index in [0.717, 1.165) is 6.42 Å². The Bertz CT molecular complexity index is 307. The Morgan fingerprint density at radius 2 is 2.19 bits per heavy atom. The molecule has 1 aromatic carbocycles. The second kappa shape index (κ2) is 6.87. The van der Waals surface area contributed by atoms with E-state index in [-0.39, 0.29) is 5.82 Å². The molecule has 0 heterocycles. The molecule has 0 aliphatic carbocycles. The highest BCUT2D eigenvalue weighted by molar-refractivity contribution is 6.31. The molecule has 0 amide bonds. The van der Waals surface area contributed by atoms with Gasteiger partial charge in [0.1, 0.15) is 5.82 Å². The van der Waals surface area contributed by atoms with Gasteiger partial charge in [0.15, 0.2) is 0 Å². The van der Waals surface area contributed by atoms with Gasteiger partial charge < -0.3 is 5.32 Å². The van der Waals surface area contributed by atoms with E-state index in [1.54, 1.807) is 12.1 Å². The summed E-state index contributed by atoms with van der Waals surface area (Å²) >= 11 is 5.94. The van der Waals surface area contributed by atoms with Crippen molar-refractivity contribution in [2.45, 2.75) is 45.7 Å². The van der Waals surface area contributed by atoms with Crippen LogP contribution in [-0.4, -0.2) is 6.04 Å². The Balaban J connectivity index is 2.48. The zero-order chi connectivity index (χ0) is 12.0. The molecule has 1 atom stereocenters. The van der Waals surface area contributed by atoms with E-state index in [4.69, 9.17) is 11.6 Å². The Labute approximate surface area is 102 Å². The molecular weight excluding hydrogens is 225 g/mol. The third-order valence-corrected chi connectivity index (χ3v) is 3.03. The van der Waals surface area contributed by atoms with Gasteiger partial charge in [0.2, 0.25) is 0 Å². The van der Waals surface area contributed by atoms with Crippen molar-refractivity contribution in [3.63, 3.8) is 0 Å². The fourth-order valence-electron chi connectivity index (χ4n) is 1.59. The van der Waals surface area contributed by atoms with E-state index >= 15 is 0 Å². The second-order valence-electron chi connectivity index (χ2n) is 4.12. The van der Waals surface area contributed by atoms with E-state index in [0.29, 0.717) is 23.2 Å². The smallest absolute Gasteiger partial charge is 0.129 e. The highest BCUT2D eigenvalue weighted by Crippen LogP contribution is 2.18. The van der Waals surface area contributed by atoms with Gasteiger partial charge in [-0.3, -0.25) is 0 Å². The van der Waals surface area contributed by atoms with Gasteiger partial charge in [-0.25, -0.2) is 4.39 Å². The number of hydrogen-bond acceptors (Lipinski definition) is 1. The standard InChI is InChI=1S/C13H19ClFN/c1-3-4-6-10(2)16-9-11-12(14)7-5-8-13(11)15/h5,7-8,10,16H,3-4,6,9H2,1-2H3. The van der Waals surface area contributed by atoms with Gasteiger partial charge >= 0.3 is 0 Å². The molecule has 0 radical (unpaired) electrons. The Hall–Kier alpha value is -0.600. The molecule has 0 spiro atoms. The first-order chi connectivity index (χ1) is 7.65. The largest absolute Gasteiger partial charge is 0.310 e. The molecule has 0 saturated heterocycles. The van der Waals surface area contributed by atoms with Crippen LogP contribution in [0.15, 0.2) is 18.2 Å². The first-order valence-corrected chi connectivity index (χ1v) is 6.19. The van der Waals surface area contributed by atoms with E-state index in [1.165, 1.54) is 18.9 Å². The molecule has 1 nitrogen and oxygen atoms in total. The third-order valence-electron chi connectivity index (χ3n) is 2.68. The van der Waals surface area contributed by atoms with E-state index in [9.17, 15) is 4.39 Å². The summed E-state index contributed by atoms with van der Waals surface area (Å²) in [4.78, 5) is 0. The van der Waals surface area contributed by atoms with Crippen molar-refractivity contribution >= 4 is 11.6 Å². The second-order valence-corrected chi connectivity index (χ2v) is 4.53. The molecule has 16 heavy (non-hydrogen) atoms. The molecule has 3 heteroatoms. The minimum Gasteiger partial charge on any atom is -0.310 e. The van der Waals surface area contributed by atoms with Gasteiger partial charge in [0.05, 0.1) is 0 Å². The van der Waals surface area contributed by atoms with Gasteiger partial charge in [-0.15, -0.1) is 0 Å². The summed E-state index contributed by atoms with van der Waals surface area (Å²) in [6.07, 6.45) is 3.49. The minimum absolute atomic E-state index is 0.234. The summed E-state index contributed by atoms with van der Waals surface area (Å²) in [5.74, 6) is -0.234. The Kier molecular flexibility index (Phi) is 5.78. The summed E-state index contributed by atoms with van der Waals surface area (Å²) in [7, 11) is 0. The predicted octanol–water partition coefficient (Wildman–Crippen LogP) is 4.15. The normalized spacial score (nSPS) is 12.8.